The molecule has 2 rings (SSSR count). The van der Waals surface area contributed by atoms with E-state index in [2.05, 4.69) is 4.98 Å². The maximum atomic E-state index is 5.73. The Balaban J connectivity index is 2.14. The zero-order valence-electron chi connectivity index (χ0n) is 10.3. The maximum Gasteiger partial charge on any atom is 0.224 e. The van der Waals surface area contributed by atoms with Gasteiger partial charge in [-0.05, 0) is 37.8 Å². The number of aryl methyl sites for hydroxylation is 2. The highest BCUT2D eigenvalue weighted by Crippen LogP contribution is 2.32. The first-order valence-electron chi connectivity index (χ1n) is 5.98. The summed E-state index contributed by atoms with van der Waals surface area (Å²) in [5.74, 6) is 1.45. The van der Waals surface area contributed by atoms with E-state index in [0.29, 0.717) is 17.5 Å². The van der Waals surface area contributed by atoms with Gasteiger partial charge < -0.3 is 10.5 Å². The number of rotatable bonds is 5. The second-order valence-corrected chi connectivity index (χ2v) is 5.15. The molecule has 1 fully saturated rings. The minimum atomic E-state index is 0.358. The van der Waals surface area contributed by atoms with Crippen LogP contribution in [0.15, 0.2) is 6.07 Å². The first kappa shape index (κ1) is 12.3. The van der Waals surface area contributed by atoms with Crippen LogP contribution in [-0.4, -0.2) is 16.6 Å². The quantitative estimate of drug-likeness (QED) is 0.816. The van der Waals surface area contributed by atoms with Crippen molar-refractivity contribution in [3.63, 3.8) is 0 Å². The Morgan fingerprint density at radius 2 is 2.24 bits per heavy atom. The number of hydrogen-bond acceptors (Lipinski definition) is 3. The SMILES string of the molecule is Cc1cc(C)c(C(N)=S)c(OCCC2CC2)n1. The average Bonchev–Trinajstić information content (AvgIpc) is 2.99. The molecule has 0 aliphatic heterocycles. The monoisotopic (exact) mass is 250 g/mol. The van der Waals surface area contributed by atoms with Crippen molar-refractivity contribution < 1.29 is 4.74 Å². The molecule has 1 aliphatic carbocycles. The predicted octanol–water partition coefficient (Wildman–Crippen LogP) is 2.51. The van der Waals surface area contributed by atoms with Gasteiger partial charge in [0.2, 0.25) is 5.88 Å². The van der Waals surface area contributed by atoms with Crippen molar-refractivity contribution in [3.8, 4) is 5.88 Å². The van der Waals surface area contributed by atoms with Crippen molar-refractivity contribution in [1.29, 1.82) is 0 Å². The normalized spacial score (nSPS) is 14.7. The molecule has 1 aromatic heterocycles. The largest absolute Gasteiger partial charge is 0.477 e. The van der Waals surface area contributed by atoms with Crippen LogP contribution in [0.5, 0.6) is 5.88 Å². The molecule has 3 nitrogen and oxygen atoms in total. The van der Waals surface area contributed by atoms with Crippen molar-refractivity contribution >= 4 is 17.2 Å². The molecule has 2 N–H and O–H groups in total. The molecular formula is C13H18N2OS. The van der Waals surface area contributed by atoms with Crippen LogP contribution in [0.2, 0.25) is 0 Å². The molecule has 1 saturated carbocycles. The van der Waals surface area contributed by atoms with Gasteiger partial charge in [-0.3, -0.25) is 0 Å². The summed E-state index contributed by atoms with van der Waals surface area (Å²) in [6.45, 7) is 4.64. The third-order valence-electron chi connectivity index (χ3n) is 3.02. The molecule has 0 spiro atoms. The number of nitrogens with zero attached hydrogens (tertiary/aromatic N) is 1. The van der Waals surface area contributed by atoms with Crippen molar-refractivity contribution in [3.05, 3.63) is 22.9 Å². The smallest absolute Gasteiger partial charge is 0.224 e. The first-order valence-corrected chi connectivity index (χ1v) is 6.39. The van der Waals surface area contributed by atoms with Gasteiger partial charge in [0, 0.05) is 5.69 Å². The Morgan fingerprint density at radius 3 is 2.82 bits per heavy atom. The molecule has 1 heterocycles. The molecular weight excluding hydrogens is 232 g/mol. The van der Waals surface area contributed by atoms with Crippen LogP contribution in [0.1, 0.15) is 36.1 Å². The fourth-order valence-corrected chi connectivity index (χ4v) is 2.18. The van der Waals surface area contributed by atoms with Gasteiger partial charge in [0.1, 0.15) is 4.99 Å². The number of thiocarbonyl (C=S) groups is 1. The van der Waals surface area contributed by atoms with Gasteiger partial charge in [0.25, 0.3) is 0 Å². The summed E-state index contributed by atoms with van der Waals surface area (Å²) in [5, 5.41) is 0. The van der Waals surface area contributed by atoms with Crippen LogP contribution in [-0.2, 0) is 0 Å². The maximum absolute atomic E-state index is 5.73. The Kier molecular flexibility index (Phi) is 3.62. The Morgan fingerprint density at radius 1 is 1.53 bits per heavy atom. The second-order valence-electron chi connectivity index (χ2n) is 4.71. The zero-order valence-corrected chi connectivity index (χ0v) is 11.1. The highest BCUT2D eigenvalue weighted by atomic mass is 32.1. The van der Waals surface area contributed by atoms with E-state index in [4.69, 9.17) is 22.7 Å². The Hall–Kier alpha value is -1.16. The van der Waals surface area contributed by atoms with E-state index in [1.807, 2.05) is 19.9 Å². The third kappa shape index (κ3) is 3.16. The lowest BCUT2D eigenvalue weighted by molar-refractivity contribution is 0.290. The predicted molar refractivity (Wildman–Crippen MR) is 72.4 cm³/mol. The minimum Gasteiger partial charge on any atom is -0.477 e. The molecule has 0 amide bonds. The van der Waals surface area contributed by atoms with Gasteiger partial charge in [-0.2, -0.15) is 0 Å². The van der Waals surface area contributed by atoms with Crippen LogP contribution in [0.3, 0.4) is 0 Å². The molecule has 0 unspecified atom stereocenters. The molecule has 4 heteroatoms. The van der Waals surface area contributed by atoms with Crippen LogP contribution >= 0.6 is 12.2 Å². The van der Waals surface area contributed by atoms with Crippen LogP contribution in [0.25, 0.3) is 0 Å². The molecule has 92 valence electrons. The molecule has 17 heavy (non-hydrogen) atoms. The number of ether oxygens (including phenoxy) is 1. The molecule has 0 radical (unpaired) electrons. The van der Waals surface area contributed by atoms with E-state index in [1.54, 1.807) is 0 Å². The number of nitrogens with two attached hydrogens (primary N) is 1. The standard InChI is InChI=1S/C13H18N2OS/c1-8-7-9(2)15-13(11(8)12(14)17)16-6-5-10-3-4-10/h7,10H,3-6H2,1-2H3,(H2,14,17). The minimum absolute atomic E-state index is 0.358. The molecule has 1 aliphatic rings. The van der Waals surface area contributed by atoms with Gasteiger partial charge in [-0.15, -0.1) is 0 Å². The van der Waals surface area contributed by atoms with E-state index in [9.17, 15) is 0 Å². The fraction of sp³-hybridized carbons (Fsp3) is 0.538. The van der Waals surface area contributed by atoms with Crippen LogP contribution < -0.4 is 10.5 Å². The molecule has 1 aromatic rings. The van der Waals surface area contributed by atoms with Gasteiger partial charge in [0.15, 0.2) is 0 Å². The number of pyridine rings is 1. The summed E-state index contributed by atoms with van der Waals surface area (Å²) in [7, 11) is 0. The highest BCUT2D eigenvalue weighted by molar-refractivity contribution is 7.80. The fourth-order valence-electron chi connectivity index (χ4n) is 1.94. The van der Waals surface area contributed by atoms with Crippen molar-refractivity contribution in [1.82, 2.24) is 4.98 Å². The molecule has 0 bridgehead atoms. The molecule has 0 saturated heterocycles. The lowest BCUT2D eigenvalue weighted by Gasteiger charge is -2.12. The summed E-state index contributed by atoms with van der Waals surface area (Å²) in [5.41, 5.74) is 8.47. The third-order valence-corrected chi connectivity index (χ3v) is 3.22. The van der Waals surface area contributed by atoms with Gasteiger partial charge in [-0.25, -0.2) is 4.98 Å². The van der Waals surface area contributed by atoms with Gasteiger partial charge in [-0.1, -0.05) is 25.1 Å². The van der Waals surface area contributed by atoms with Crippen molar-refractivity contribution in [2.75, 3.05) is 6.61 Å². The lowest BCUT2D eigenvalue weighted by Crippen LogP contribution is -2.15. The zero-order chi connectivity index (χ0) is 12.4. The lowest BCUT2D eigenvalue weighted by atomic mass is 10.1. The summed E-state index contributed by atoms with van der Waals surface area (Å²) < 4.78 is 5.73. The van der Waals surface area contributed by atoms with E-state index < -0.39 is 0 Å². The molecule has 0 atom stereocenters. The van der Waals surface area contributed by atoms with Gasteiger partial charge >= 0.3 is 0 Å². The van der Waals surface area contributed by atoms with Crippen molar-refractivity contribution in [2.45, 2.75) is 33.1 Å². The van der Waals surface area contributed by atoms with Crippen LogP contribution in [0, 0.1) is 19.8 Å². The molecule has 0 aromatic carbocycles. The topological polar surface area (TPSA) is 48.1 Å². The summed E-state index contributed by atoms with van der Waals surface area (Å²) in [6.07, 6.45) is 3.78. The second kappa shape index (κ2) is 5.00. The van der Waals surface area contributed by atoms with E-state index in [0.717, 1.165) is 29.2 Å². The summed E-state index contributed by atoms with van der Waals surface area (Å²) in [4.78, 5) is 4.74. The highest BCUT2D eigenvalue weighted by Gasteiger charge is 2.21. The number of aromatic nitrogens is 1. The first-order chi connectivity index (χ1) is 8.08. The summed E-state index contributed by atoms with van der Waals surface area (Å²) >= 11 is 5.05. The Bertz CT molecular complexity index is 441. The van der Waals surface area contributed by atoms with E-state index >= 15 is 0 Å². The summed E-state index contributed by atoms with van der Waals surface area (Å²) in [6, 6.07) is 1.97. The Labute approximate surface area is 107 Å². The number of hydrogen-bond donors (Lipinski definition) is 1. The van der Waals surface area contributed by atoms with E-state index in [-0.39, 0.29) is 0 Å². The van der Waals surface area contributed by atoms with Crippen LogP contribution in [0.4, 0.5) is 0 Å². The average molecular weight is 250 g/mol. The van der Waals surface area contributed by atoms with Crippen molar-refractivity contribution in [2.24, 2.45) is 11.7 Å². The van der Waals surface area contributed by atoms with Gasteiger partial charge in [0.05, 0.1) is 12.2 Å². The van der Waals surface area contributed by atoms with E-state index in [1.165, 1.54) is 12.8 Å².